The van der Waals surface area contributed by atoms with Gasteiger partial charge >= 0.3 is 0 Å². The third-order valence-corrected chi connectivity index (χ3v) is 3.08. The maximum Gasteiger partial charge on any atom is 0.180 e. The Labute approximate surface area is 87.8 Å². The second-order valence-corrected chi connectivity index (χ2v) is 3.50. The maximum atomic E-state index is 12.7. The molecule has 0 aromatic heterocycles. The van der Waals surface area contributed by atoms with Crippen LogP contribution in [0, 0.1) is 11.6 Å². The van der Waals surface area contributed by atoms with Gasteiger partial charge in [0.2, 0.25) is 0 Å². The fourth-order valence-electron chi connectivity index (χ4n) is 0.593. The van der Waals surface area contributed by atoms with Crippen molar-refractivity contribution in [1.29, 1.82) is 0 Å². The zero-order valence-electron chi connectivity index (χ0n) is 5.34. The van der Waals surface area contributed by atoms with E-state index in [1.54, 1.807) is 0 Å². The molecule has 1 aromatic rings. The van der Waals surface area contributed by atoms with Crippen molar-refractivity contribution in [1.82, 2.24) is 0 Å². The van der Waals surface area contributed by atoms with Gasteiger partial charge in [-0.2, -0.15) is 0 Å². The first-order valence-corrected chi connectivity index (χ1v) is 4.25. The highest BCUT2D eigenvalue weighted by Gasteiger charge is 2.19. The molecule has 0 N–H and O–H groups in total. The van der Waals surface area contributed by atoms with Crippen LogP contribution in [0.15, 0.2) is 4.90 Å². The summed E-state index contributed by atoms with van der Waals surface area (Å²) in [6.45, 7) is 0. The van der Waals surface area contributed by atoms with Gasteiger partial charge in [-0.25, -0.2) is 8.78 Å². The minimum absolute atomic E-state index is 0.0674. The van der Waals surface area contributed by atoms with E-state index in [0.717, 1.165) is 0 Å². The largest absolute Gasteiger partial charge is 0.202 e. The van der Waals surface area contributed by atoms with Crippen LogP contribution >= 0.6 is 47.4 Å². The fourth-order valence-corrected chi connectivity index (χ4v) is 1.45. The molecule has 0 atom stereocenters. The minimum Gasteiger partial charge on any atom is -0.202 e. The van der Waals surface area contributed by atoms with Crippen molar-refractivity contribution < 1.29 is 8.78 Å². The Morgan fingerprint density at radius 2 is 1.25 bits per heavy atom. The van der Waals surface area contributed by atoms with Gasteiger partial charge < -0.3 is 0 Å². The lowest BCUT2D eigenvalue weighted by atomic mass is 10.3. The molecule has 0 heterocycles. The zero-order chi connectivity index (χ0) is 9.46. The molecule has 0 unspecified atom stereocenters. The molecule has 0 aliphatic rings. The molecule has 0 saturated heterocycles. The fraction of sp³-hybridized carbons (Fsp3) is 0. The first kappa shape index (κ1) is 10.4. The Morgan fingerprint density at radius 3 is 1.75 bits per heavy atom. The van der Waals surface area contributed by atoms with E-state index in [0.29, 0.717) is 0 Å². The number of hydrogen-bond acceptors (Lipinski definition) is 1. The Kier molecular flexibility index (Phi) is 3.10. The summed E-state index contributed by atoms with van der Waals surface area (Å²) in [5.41, 5.74) is 0. The van der Waals surface area contributed by atoms with Crippen molar-refractivity contribution in [3.63, 3.8) is 0 Å². The summed E-state index contributed by atoms with van der Waals surface area (Å²) < 4.78 is 25.5. The van der Waals surface area contributed by atoms with Gasteiger partial charge in [0.1, 0.15) is 0 Å². The lowest BCUT2D eigenvalue weighted by Crippen LogP contribution is -1.90. The van der Waals surface area contributed by atoms with E-state index in [4.69, 9.17) is 34.8 Å². The van der Waals surface area contributed by atoms with Crippen molar-refractivity contribution in [2.24, 2.45) is 0 Å². The van der Waals surface area contributed by atoms with Gasteiger partial charge in [0, 0.05) is 4.90 Å². The Hall–Kier alpha value is 0.300. The first-order chi connectivity index (χ1) is 5.46. The molecule has 0 nitrogen and oxygen atoms in total. The van der Waals surface area contributed by atoms with Crippen molar-refractivity contribution in [3.05, 3.63) is 26.7 Å². The predicted octanol–water partition coefficient (Wildman–Crippen LogP) is 4.21. The molecule has 0 saturated carbocycles. The van der Waals surface area contributed by atoms with Crippen LogP contribution in [0.25, 0.3) is 0 Å². The molecule has 6 heteroatoms. The van der Waals surface area contributed by atoms with E-state index in [2.05, 4.69) is 12.6 Å². The second-order valence-electron chi connectivity index (χ2n) is 1.92. The van der Waals surface area contributed by atoms with Crippen molar-refractivity contribution in [2.75, 3.05) is 0 Å². The predicted molar refractivity (Wildman–Crippen MR) is 48.6 cm³/mol. The Balaban J connectivity index is 3.60. The molecule has 1 aromatic carbocycles. The highest BCUT2D eigenvalue weighted by Crippen LogP contribution is 2.38. The number of benzene rings is 1. The zero-order valence-corrected chi connectivity index (χ0v) is 8.50. The monoisotopic (exact) mass is 248 g/mol. The van der Waals surface area contributed by atoms with Crippen LogP contribution in [0.5, 0.6) is 0 Å². The first-order valence-electron chi connectivity index (χ1n) is 2.67. The molecular weight excluding hydrogens is 248 g/mol. The molecule has 0 amide bonds. The van der Waals surface area contributed by atoms with Gasteiger partial charge in [0.05, 0.1) is 15.1 Å². The van der Waals surface area contributed by atoms with Gasteiger partial charge in [-0.3, -0.25) is 0 Å². The third-order valence-electron chi connectivity index (χ3n) is 1.19. The molecule has 0 spiro atoms. The highest BCUT2D eigenvalue weighted by atomic mass is 35.5. The van der Waals surface area contributed by atoms with Gasteiger partial charge in [-0.1, -0.05) is 34.8 Å². The van der Waals surface area contributed by atoms with Crippen LogP contribution < -0.4 is 0 Å². The average Bonchev–Trinajstić information content (AvgIpc) is 2.08. The molecule has 0 radical (unpaired) electrons. The van der Waals surface area contributed by atoms with Gasteiger partial charge in [0.25, 0.3) is 0 Å². The molecular formula is C6HCl3F2S. The Bertz CT molecular complexity index is 235. The van der Waals surface area contributed by atoms with E-state index in [9.17, 15) is 8.78 Å². The lowest BCUT2D eigenvalue weighted by molar-refractivity contribution is 0.507. The Morgan fingerprint density at radius 1 is 0.833 bits per heavy atom. The van der Waals surface area contributed by atoms with E-state index >= 15 is 0 Å². The topological polar surface area (TPSA) is 0 Å². The third kappa shape index (κ3) is 1.51. The molecule has 0 bridgehead atoms. The number of rotatable bonds is 0. The van der Waals surface area contributed by atoms with Crippen molar-refractivity contribution in [2.45, 2.75) is 4.90 Å². The van der Waals surface area contributed by atoms with Crippen LogP contribution in [-0.4, -0.2) is 0 Å². The highest BCUT2D eigenvalue weighted by molar-refractivity contribution is 7.80. The van der Waals surface area contributed by atoms with Crippen molar-refractivity contribution >= 4 is 47.4 Å². The number of thiol groups is 1. The lowest BCUT2D eigenvalue weighted by Gasteiger charge is -2.04. The summed E-state index contributed by atoms with van der Waals surface area (Å²) in [5, 5.41) is -1.17. The summed E-state index contributed by atoms with van der Waals surface area (Å²) in [6, 6.07) is 0. The van der Waals surface area contributed by atoms with E-state index in [1.807, 2.05) is 0 Å². The van der Waals surface area contributed by atoms with Gasteiger partial charge in [0.15, 0.2) is 11.6 Å². The molecule has 1 rings (SSSR count). The molecule has 0 aliphatic carbocycles. The minimum atomic E-state index is -1.26. The molecule has 0 fully saturated rings. The van der Waals surface area contributed by atoms with Crippen LogP contribution in [0.2, 0.25) is 15.1 Å². The SMILES string of the molecule is Fc1c(F)c(Cl)c(Cl)c(S)c1Cl. The van der Waals surface area contributed by atoms with Crippen LogP contribution in [0.3, 0.4) is 0 Å². The second kappa shape index (κ2) is 3.58. The average molecular weight is 249 g/mol. The summed E-state index contributed by atoms with van der Waals surface area (Å²) in [6.07, 6.45) is 0. The van der Waals surface area contributed by atoms with E-state index in [-0.39, 0.29) is 9.92 Å². The summed E-state index contributed by atoms with van der Waals surface area (Å²) in [4.78, 5) is -0.0674. The quantitative estimate of drug-likeness (QED) is 0.397. The number of halogens is 5. The summed E-state index contributed by atoms with van der Waals surface area (Å²) in [5.74, 6) is -2.50. The van der Waals surface area contributed by atoms with Crippen LogP contribution in [-0.2, 0) is 0 Å². The van der Waals surface area contributed by atoms with Gasteiger partial charge in [-0.15, -0.1) is 12.6 Å². The summed E-state index contributed by atoms with van der Waals surface area (Å²) >= 11 is 19.8. The standard InChI is InChI=1S/C6HCl3F2S/c7-1-2(8)6(12)3(9)5(11)4(1)10/h12H. The van der Waals surface area contributed by atoms with Gasteiger partial charge in [-0.05, 0) is 0 Å². The van der Waals surface area contributed by atoms with Crippen LogP contribution in [0.1, 0.15) is 0 Å². The molecule has 66 valence electrons. The van der Waals surface area contributed by atoms with Crippen molar-refractivity contribution in [3.8, 4) is 0 Å². The maximum absolute atomic E-state index is 12.7. The smallest absolute Gasteiger partial charge is 0.180 e. The number of hydrogen-bond donors (Lipinski definition) is 1. The molecule has 0 aliphatic heterocycles. The molecule has 12 heavy (non-hydrogen) atoms. The summed E-state index contributed by atoms with van der Waals surface area (Å²) in [7, 11) is 0. The van der Waals surface area contributed by atoms with E-state index < -0.39 is 21.7 Å². The van der Waals surface area contributed by atoms with E-state index in [1.165, 1.54) is 0 Å². The normalized spacial score (nSPS) is 10.5. The van der Waals surface area contributed by atoms with Crippen LogP contribution in [0.4, 0.5) is 8.78 Å².